The Hall–Kier alpha value is -0.900. The van der Waals surface area contributed by atoms with E-state index < -0.39 is 29.9 Å². The summed E-state index contributed by atoms with van der Waals surface area (Å²) in [5, 5.41) is 19.9. The summed E-state index contributed by atoms with van der Waals surface area (Å²) in [6.45, 7) is 8.75. The fourth-order valence-electron chi connectivity index (χ4n) is 2.40. The maximum absolute atomic E-state index is 10.4. The van der Waals surface area contributed by atoms with Crippen molar-refractivity contribution in [2.75, 3.05) is 0 Å². The summed E-state index contributed by atoms with van der Waals surface area (Å²) in [4.78, 5) is 0. The maximum atomic E-state index is 10.4. The molecule has 0 bridgehead atoms. The van der Waals surface area contributed by atoms with Crippen LogP contribution in [-0.2, 0) is 14.2 Å². The highest BCUT2D eigenvalue weighted by molar-refractivity contribution is 5.19. The van der Waals surface area contributed by atoms with Gasteiger partial charge in [0.15, 0.2) is 12.1 Å². The zero-order valence-electron chi connectivity index (χ0n) is 12.1. The summed E-state index contributed by atoms with van der Waals surface area (Å²) in [7, 11) is 0. The molecule has 0 spiro atoms. The van der Waals surface area contributed by atoms with Crippen molar-refractivity contribution >= 4 is 0 Å². The van der Waals surface area contributed by atoms with E-state index in [1.165, 1.54) is 0 Å². The molecule has 2 N–H and O–H groups in total. The van der Waals surface area contributed by atoms with Gasteiger partial charge in [0.2, 0.25) is 0 Å². The molecule has 0 aromatic carbocycles. The van der Waals surface area contributed by atoms with E-state index in [1.807, 2.05) is 13.8 Å². The van der Waals surface area contributed by atoms with Crippen molar-refractivity contribution in [3.8, 4) is 11.8 Å². The lowest BCUT2D eigenvalue weighted by Gasteiger charge is -2.27. The predicted octanol–water partition coefficient (Wildman–Crippen LogP) is 0.944. The third kappa shape index (κ3) is 3.40. The molecule has 1 unspecified atom stereocenters. The van der Waals surface area contributed by atoms with Crippen LogP contribution in [0.1, 0.15) is 33.6 Å². The van der Waals surface area contributed by atoms with Gasteiger partial charge in [-0.3, -0.25) is 0 Å². The number of hydrogen-bond donors (Lipinski definition) is 2. The van der Waals surface area contributed by atoms with Gasteiger partial charge in [-0.25, -0.2) is 0 Å². The van der Waals surface area contributed by atoms with Gasteiger partial charge in [-0.15, -0.1) is 6.58 Å². The first-order valence-corrected chi connectivity index (χ1v) is 6.78. The Morgan fingerprint density at radius 1 is 1.50 bits per heavy atom. The Kier molecular flexibility index (Phi) is 4.24. The van der Waals surface area contributed by atoms with Crippen LogP contribution < -0.4 is 0 Å². The quantitative estimate of drug-likeness (QED) is 0.596. The molecule has 0 amide bonds. The molecule has 5 atom stereocenters. The Labute approximate surface area is 119 Å². The molecule has 5 nitrogen and oxygen atoms in total. The van der Waals surface area contributed by atoms with Crippen molar-refractivity contribution < 1.29 is 24.4 Å². The number of ether oxygens (including phenoxy) is 3. The Balaban J connectivity index is 1.98. The second kappa shape index (κ2) is 5.47. The van der Waals surface area contributed by atoms with Gasteiger partial charge in [-0.2, -0.15) is 0 Å². The van der Waals surface area contributed by atoms with E-state index in [1.54, 1.807) is 13.0 Å². The van der Waals surface area contributed by atoms with Crippen LogP contribution in [0.15, 0.2) is 12.7 Å². The molecule has 2 saturated heterocycles. The molecule has 2 aliphatic rings. The Morgan fingerprint density at radius 2 is 2.20 bits per heavy atom. The van der Waals surface area contributed by atoms with E-state index in [-0.39, 0.29) is 6.10 Å². The lowest BCUT2D eigenvalue weighted by molar-refractivity contribution is -0.218. The van der Waals surface area contributed by atoms with Gasteiger partial charge in [0.1, 0.15) is 23.9 Å². The smallest absolute Gasteiger partial charge is 0.187 e. The van der Waals surface area contributed by atoms with Gasteiger partial charge < -0.3 is 24.4 Å². The monoisotopic (exact) mass is 282 g/mol. The van der Waals surface area contributed by atoms with Crippen molar-refractivity contribution in [1.29, 1.82) is 0 Å². The van der Waals surface area contributed by atoms with Gasteiger partial charge in [0.05, 0.1) is 0 Å². The third-order valence-electron chi connectivity index (χ3n) is 3.39. The van der Waals surface area contributed by atoms with Gasteiger partial charge in [-0.05, 0) is 20.8 Å². The second-order valence-corrected chi connectivity index (χ2v) is 5.86. The van der Waals surface area contributed by atoms with Crippen LogP contribution in [0.5, 0.6) is 0 Å². The number of fused-ring (bicyclic) bond motifs is 1. The number of hydrogen-bond acceptors (Lipinski definition) is 5. The van der Waals surface area contributed by atoms with Crippen molar-refractivity contribution in [3.05, 3.63) is 12.7 Å². The van der Waals surface area contributed by atoms with Crippen LogP contribution >= 0.6 is 0 Å². The molecule has 5 heteroatoms. The molecule has 2 fully saturated rings. The van der Waals surface area contributed by atoms with E-state index in [9.17, 15) is 10.2 Å². The molecule has 2 heterocycles. The van der Waals surface area contributed by atoms with Crippen molar-refractivity contribution in [2.24, 2.45) is 0 Å². The van der Waals surface area contributed by atoms with E-state index in [0.717, 1.165) is 0 Å². The first-order valence-electron chi connectivity index (χ1n) is 6.78. The number of rotatable bonds is 3. The molecule has 0 aromatic rings. The van der Waals surface area contributed by atoms with Gasteiger partial charge in [0, 0.05) is 12.8 Å². The summed E-state index contributed by atoms with van der Waals surface area (Å²) in [6.07, 6.45) is 0.452. The molecule has 112 valence electrons. The highest BCUT2D eigenvalue weighted by Crippen LogP contribution is 2.39. The topological polar surface area (TPSA) is 68.2 Å². The average molecular weight is 282 g/mol. The number of aliphatic hydroxyl groups is 2. The van der Waals surface area contributed by atoms with Crippen LogP contribution in [0.3, 0.4) is 0 Å². The fourth-order valence-corrected chi connectivity index (χ4v) is 2.40. The minimum atomic E-state index is -1.36. The van der Waals surface area contributed by atoms with Gasteiger partial charge >= 0.3 is 0 Å². The second-order valence-electron chi connectivity index (χ2n) is 5.86. The molecule has 20 heavy (non-hydrogen) atoms. The van der Waals surface area contributed by atoms with Crippen LogP contribution in [-0.4, -0.2) is 46.2 Å². The first kappa shape index (κ1) is 15.5. The van der Waals surface area contributed by atoms with E-state index >= 15 is 0 Å². The summed E-state index contributed by atoms with van der Waals surface area (Å²) >= 11 is 0. The van der Waals surface area contributed by atoms with E-state index in [0.29, 0.717) is 12.8 Å². The summed E-state index contributed by atoms with van der Waals surface area (Å²) in [5.41, 5.74) is -1.36. The minimum absolute atomic E-state index is 0.193. The molecule has 0 saturated carbocycles. The zero-order chi connectivity index (χ0) is 15.0. The van der Waals surface area contributed by atoms with E-state index in [2.05, 4.69) is 18.4 Å². The third-order valence-corrected chi connectivity index (χ3v) is 3.39. The molecular weight excluding hydrogens is 260 g/mol. The molecule has 0 aromatic heterocycles. The average Bonchev–Trinajstić information content (AvgIpc) is 2.81. The maximum Gasteiger partial charge on any atom is 0.187 e. The van der Waals surface area contributed by atoms with Crippen LogP contribution in [0, 0.1) is 11.8 Å². The number of aliphatic hydroxyl groups excluding tert-OH is 1. The van der Waals surface area contributed by atoms with Crippen LogP contribution in [0.25, 0.3) is 0 Å². The molecule has 2 aliphatic heterocycles. The molecule has 0 radical (unpaired) electrons. The standard InChI is InChI=1S/C15H22O5/c1-5-6-10(16)7-8-15(4,17)12-9-11-13(18-12)20-14(2,3)19-11/h5,10-13,16-17H,1,6,9H2,2-4H3/t10?,11-,12-,13-,15-/m1/s1. The SMILES string of the molecule is C=CCC(O)C#C[C@@](C)(O)[C@H]1C[C@H]2OC(C)(C)O[C@H]2O1. The summed E-state index contributed by atoms with van der Waals surface area (Å²) < 4.78 is 17.0. The minimum Gasteiger partial charge on any atom is -0.380 e. The summed E-state index contributed by atoms with van der Waals surface area (Å²) in [6, 6.07) is 0. The van der Waals surface area contributed by atoms with Gasteiger partial charge in [-0.1, -0.05) is 17.9 Å². The van der Waals surface area contributed by atoms with Crippen LogP contribution in [0.4, 0.5) is 0 Å². The van der Waals surface area contributed by atoms with E-state index in [4.69, 9.17) is 14.2 Å². The Morgan fingerprint density at radius 3 is 2.80 bits per heavy atom. The normalized spacial score (nSPS) is 35.5. The highest BCUT2D eigenvalue weighted by Gasteiger charge is 2.52. The predicted molar refractivity (Wildman–Crippen MR) is 72.5 cm³/mol. The van der Waals surface area contributed by atoms with Crippen LogP contribution in [0.2, 0.25) is 0 Å². The zero-order valence-corrected chi connectivity index (χ0v) is 12.1. The summed E-state index contributed by atoms with van der Waals surface area (Å²) in [5.74, 6) is 4.62. The largest absolute Gasteiger partial charge is 0.380 e. The molecule has 0 aliphatic carbocycles. The van der Waals surface area contributed by atoms with Gasteiger partial charge in [0.25, 0.3) is 0 Å². The first-order chi connectivity index (χ1) is 9.23. The van der Waals surface area contributed by atoms with Crippen molar-refractivity contribution in [2.45, 2.75) is 69.6 Å². The fraction of sp³-hybridized carbons (Fsp3) is 0.733. The van der Waals surface area contributed by atoms with Crippen molar-refractivity contribution in [1.82, 2.24) is 0 Å². The lowest BCUT2D eigenvalue weighted by Crippen LogP contribution is -2.39. The lowest BCUT2D eigenvalue weighted by atomic mass is 9.96. The van der Waals surface area contributed by atoms with Crippen molar-refractivity contribution in [3.63, 3.8) is 0 Å². The highest BCUT2D eigenvalue weighted by atomic mass is 16.8. The molecule has 2 rings (SSSR count). The molecular formula is C15H22O5. The Bertz CT molecular complexity index is 415.